The molecule has 0 spiro atoms. The number of aliphatic hydroxyl groups is 1. The second-order valence-corrected chi connectivity index (χ2v) is 10.5. The van der Waals surface area contributed by atoms with E-state index in [1.807, 2.05) is 13.8 Å². The molecule has 7 nitrogen and oxygen atoms in total. The summed E-state index contributed by atoms with van der Waals surface area (Å²) in [7, 11) is 0. The first-order chi connectivity index (χ1) is 18.4. The minimum Gasteiger partial charge on any atom is -0.447 e. The number of ether oxygens (including phenoxy) is 1. The maximum absolute atomic E-state index is 15.1. The number of carbonyl (C=O) groups is 2. The summed E-state index contributed by atoms with van der Waals surface area (Å²) in [5.41, 5.74) is -6.31. The molecule has 13 heteroatoms. The average molecular weight is 606 g/mol. The summed E-state index contributed by atoms with van der Waals surface area (Å²) in [4.78, 5) is 30.6. The lowest BCUT2D eigenvalue weighted by Crippen LogP contribution is -2.50. The molecule has 218 valence electrons. The third-order valence-electron chi connectivity index (χ3n) is 7.99. The highest BCUT2D eigenvalue weighted by atomic mass is 35.5. The first kappa shape index (κ1) is 30.4. The van der Waals surface area contributed by atoms with Crippen LogP contribution in [0.4, 0.5) is 33.7 Å². The molecule has 1 atom stereocenters. The van der Waals surface area contributed by atoms with Gasteiger partial charge in [0.05, 0.1) is 28.4 Å². The molecule has 2 aromatic rings. The molecule has 0 radical (unpaired) electrons. The van der Waals surface area contributed by atoms with Crippen molar-refractivity contribution in [3.8, 4) is 0 Å². The Balaban J connectivity index is 0.00000370. The number of cyclic esters (lactones) is 1. The number of nitrogens with zero attached hydrogens (tertiary/aromatic N) is 3. The number of benzene rings is 2. The standard InChI is InChI=1S/C27H28ClF4N3O4.ClH/c1-3-33(4-2)16-10-15(11-16)14-35-21-13-17(34-8-9-39-25(34)37)12-18(27(30,31)32)22(21)26(38,24(35)36)23-19(28)6-5-7-20(23)29;/h5-7,12-13,15-16,38H,3-4,8-11,14H2,1-2H3;1H/t15?,16?,26-;/m0./s1. The quantitative estimate of drug-likeness (QED) is 0.417. The van der Waals surface area contributed by atoms with Gasteiger partial charge in [-0.3, -0.25) is 9.69 Å². The van der Waals surface area contributed by atoms with Crippen molar-refractivity contribution in [1.29, 1.82) is 0 Å². The van der Waals surface area contributed by atoms with Gasteiger partial charge in [0.2, 0.25) is 5.60 Å². The molecule has 2 aliphatic heterocycles. The van der Waals surface area contributed by atoms with Crippen LogP contribution in [-0.4, -0.2) is 60.8 Å². The third-order valence-corrected chi connectivity index (χ3v) is 8.31. The van der Waals surface area contributed by atoms with Gasteiger partial charge in [-0.15, -0.1) is 12.4 Å². The van der Waals surface area contributed by atoms with E-state index in [9.17, 15) is 27.9 Å². The summed E-state index contributed by atoms with van der Waals surface area (Å²) in [6.45, 7) is 5.79. The predicted molar refractivity (Wildman–Crippen MR) is 144 cm³/mol. The van der Waals surface area contributed by atoms with Crippen LogP contribution in [0.3, 0.4) is 0 Å². The van der Waals surface area contributed by atoms with Crippen molar-refractivity contribution in [3.05, 3.63) is 57.9 Å². The van der Waals surface area contributed by atoms with Gasteiger partial charge in [-0.05, 0) is 56.1 Å². The zero-order chi connectivity index (χ0) is 28.3. The molecule has 3 aliphatic rings. The van der Waals surface area contributed by atoms with E-state index in [0.29, 0.717) is 18.9 Å². The Hall–Kier alpha value is -2.60. The lowest BCUT2D eigenvalue weighted by Gasteiger charge is -2.43. The molecule has 2 heterocycles. The fourth-order valence-electron chi connectivity index (χ4n) is 6.03. The van der Waals surface area contributed by atoms with Crippen molar-refractivity contribution < 1.29 is 37.0 Å². The van der Waals surface area contributed by atoms with Gasteiger partial charge in [0.15, 0.2) is 0 Å². The van der Waals surface area contributed by atoms with E-state index in [2.05, 4.69) is 4.90 Å². The molecular formula is C27H29Cl2F4N3O4. The van der Waals surface area contributed by atoms with Crippen LogP contribution < -0.4 is 9.80 Å². The molecule has 0 unspecified atom stereocenters. The SMILES string of the molecule is CCN(CC)C1CC(CN2C(=O)[C@@](O)(c3c(F)cccc3Cl)c3c2cc(N2CCOC2=O)cc3C(F)(F)F)C1.Cl. The smallest absolute Gasteiger partial charge is 0.416 e. The Bertz CT molecular complexity index is 1300. The summed E-state index contributed by atoms with van der Waals surface area (Å²) in [5, 5.41) is 11.5. The van der Waals surface area contributed by atoms with Crippen molar-refractivity contribution >= 4 is 47.4 Å². The van der Waals surface area contributed by atoms with Crippen LogP contribution in [0.5, 0.6) is 0 Å². The molecule has 1 N–H and O–H groups in total. The third kappa shape index (κ3) is 4.80. The average Bonchev–Trinajstić information content (AvgIpc) is 3.37. The predicted octanol–water partition coefficient (Wildman–Crippen LogP) is 5.58. The Labute approximate surface area is 240 Å². The summed E-state index contributed by atoms with van der Waals surface area (Å²) in [5.74, 6) is -2.29. The van der Waals surface area contributed by atoms with Crippen LogP contribution in [0.15, 0.2) is 30.3 Å². The Morgan fingerprint density at radius 2 is 1.82 bits per heavy atom. The monoisotopic (exact) mass is 605 g/mol. The minimum atomic E-state index is -5.06. The van der Waals surface area contributed by atoms with E-state index in [1.54, 1.807) is 0 Å². The number of fused-ring (bicyclic) bond motifs is 1. The zero-order valence-electron chi connectivity index (χ0n) is 21.8. The van der Waals surface area contributed by atoms with Gasteiger partial charge in [-0.2, -0.15) is 13.2 Å². The molecule has 2 amide bonds. The van der Waals surface area contributed by atoms with Crippen molar-refractivity contribution in [1.82, 2.24) is 4.90 Å². The highest BCUT2D eigenvalue weighted by Gasteiger charge is 2.58. The number of hydrogen-bond donors (Lipinski definition) is 1. The molecule has 0 bridgehead atoms. The molecule has 1 saturated heterocycles. The largest absolute Gasteiger partial charge is 0.447 e. The number of alkyl halides is 3. The molecule has 40 heavy (non-hydrogen) atoms. The van der Waals surface area contributed by atoms with E-state index in [0.717, 1.165) is 29.0 Å². The van der Waals surface area contributed by atoms with Gasteiger partial charge < -0.3 is 19.6 Å². The van der Waals surface area contributed by atoms with Crippen LogP contribution in [0.2, 0.25) is 5.02 Å². The minimum absolute atomic E-state index is 0. The van der Waals surface area contributed by atoms with Crippen LogP contribution in [0.25, 0.3) is 0 Å². The maximum atomic E-state index is 15.1. The normalized spacial score (nSPS) is 24.2. The van der Waals surface area contributed by atoms with Crippen LogP contribution in [0, 0.1) is 11.7 Å². The van der Waals surface area contributed by atoms with Crippen molar-refractivity contribution in [2.24, 2.45) is 5.92 Å². The topological polar surface area (TPSA) is 73.3 Å². The summed E-state index contributed by atoms with van der Waals surface area (Å²) >= 11 is 6.20. The maximum Gasteiger partial charge on any atom is 0.416 e. The summed E-state index contributed by atoms with van der Waals surface area (Å²) < 4.78 is 63.8. The molecule has 1 aliphatic carbocycles. The van der Waals surface area contributed by atoms with Crippen LogP contribution in [-0.2, 0) is 21.3 Å². The first-order valence-electron chi connectivity index (χ1n) is 12.8. The number of halogens is 6. The van der Waals surface area contributed by atoms with Gasteiger partial charge >= 0.3 is 12.3 Å². The number of rotatable bonds is 7. The van der Waals surface area contributed by atoms with Crippen LogP contribution >= 0.6 is 24.0 Å². The zero-order valence-corrected chi connectivity index (χ0v) is 23.4. The Morgan fingerprint density at radius 3 is 2.38 bits per heavy atom. The Kier molecular flexibility index (Phi) is 8.35. The van der Waals surface area contributed by atoms with E-state index < -0.39 is 46.3 Å². The molecule has 0 aromatic heterocycles. The molecule has 2 fully saturated rings. The number of hydrogen-bond acceptors (Lipinski definition) is 5. The van der Waals surface area contributed by atoms with E-state index in [1.165, 1.54) is 18.2 Å². The van der Waals surface area contributed by atoms with E-state index >= 15 is 4.39 Å². The number of carbonyl (C=O) groups excluding carboxylic acids is 2. The highest BCUT2D eigenvalue weighted by molar-refractivity contribution is 6.32. The van der Waals surface area contributed by atoms with Gasteiger partial charge in [0.1, 0.15) is 12.4 Å². The lowest BCUT2D eigenvalue weighted by atomic mass is 9.78. The van der Waals surface area contributed by atoms with Crippen molar-refractivity contribution in [2.75, 3.05) is 42.6 Å². The van der Waals surface area contributed by atoms with Crippen molar-refractivity contribution in [2.45, 2.75) is 44.5 Å². The van der Waals surface area contributed by atoms with Gasteiger partial charge in [0.25, 0.3) is 5.91 Å². The van der Waals surface area contributed by atoms with Gasteiger partial charge in [-0.25, -0.2) is 9.18 Å². The lowest BCUT2D eigenvalue weighted by molar-refractivity contribution is -0.142. The van der Waals surface area contributed by atoms with E-state index in [-0.39, 0.29) is 60.5 Å². The van der Waals surface area contributed by atoms with Gasteiger partial charge in [-0.1, -0.05) is 31.5 Å². The number of anilines is 2. The van der Waals surface area contributed by atoms with Crippen molar-refractivity contribution in [3.63, 3.8) is 0 Å². The molecule has 2 aromatic carbocycles. The fraction of sp³-hybridized carbons (Fsp3) is 0.481. The summed E-state index contributed by atoms with van der Waals surface area (Å²) in [6, 6.07) is 5.58. The van der Waals surface area contributed by atoms with Gasteiger partial charge in [0, 0.05) is 23.8 Å². The Morgan fingerprint density at radius 1 is 1.15 bits per heavy atom. The number of amides is 2. The molecular weight excluding hydrogens is 577 g/mol. The highest BCUT2D eigenvalue weighted by Crippen LogP contribution is 2.54. The first-order valence-corrected chi connectivity index (χ1v) is 13.2. The van der Waals surface area contributed by atoms with E-state index in [4.69, 9.17) is 16.3 Å². The second-order valence-electron chi connectivity index (χ2n) is 10.1. The molecule has 1 saturated carbocycles. The second kappa shape index (κ2) is 11.0. The summed E-state index contributed by atoms with van der Waals surface area (Å²) in [6.07, 6.45) is -4.46. The fourth-order valence-corrected chi connectivity index (χ4v) is 6.33. The van der Waals surface area contributed by atoms with Crippen LogP contribution in [0.1, 0.15) is 43.4 Å². The molecule has 5 rings (SSSR count).